The van der Waals surface area contributed by atoms with Gasteiger partial charge in [-0.2, -0.15) is 0 Å². The molecule has 0 radical (unpaired) electrons. The second-order valence-corrected chi connectivity index (χ2v) is 5.39. The normalized spacial score (nSPS) is 10.9. The van der Waals surface area contributed by atoms with Crippen LogP contribution in [0.25, 0.3) is 0 Å². The average Bonchev–Trinajstić information content (AvgIpc) is 2.77. The third kappa shape index (κ3) is 5.95. The Bertz CT molecular complexity index is 397. The van der Waals surface area contributed by atoms with Crippen molar-refractivity contribution in [2.24, 2.45) is 0 Å². The van der Waals surface area contributed by atoms with E-state index in [1.807, 2.05) is 23.9 Å². The zero-order valence-corrected chi connectivity index (χ0v) is 12.3. The molecule has 1 aromatic rings. The Balaban J connectivity index is 2.66. The number of anilines is 1. The van der Waals surface area contributed by atoms with Crippen molar-refractivity contribution in [3.8, 4) is 0 Å². The van der Waals surface area contributed by atoms with E-state index in [1.54, 1.807) is 7.11 Å². The van der Waals surface area contributed by atoms with Gasteiger partial charge in [0.05, 0.1) is 6.42 Å². The van der Waals surface area contributed by atoms with Crippen LogP contribution in [0, 0.1) is 0 Å². The van der Waals surface area contributed by atoms with Crippen LogP contribution >= 0.6 is 11.3 Å². The Kier molecular flexibility index (Phi) is 6.68. The molecule has 0 atom stereocenters. The van der Waals surface area contributed by atoms with Crippen LogP contribution in [-0.4, -0.2) is 67.0 Å². The second kappa shape index (κ2) is 8.03. The van der Waals surface area contributed by atoms with Gasteiger partial charge in [-0.15, -0.1) is 10.2 Å². The van der Waals surface area contributed by atoms with E-state index in [2.05, 4.69) is 10.2 Å². The smallest absolute Gasteiger partial charge is 0.305 e. The molecule has 8 heteroatoms. The number of aliphatic carboxylic acids is 1. The van der Waals surface area contributed by atoms with E-state index < -0.39 is 5.97 Å². The molecule has 1 rings (SSSR count). The fourth-order valence-corrected chi connectivity index (χ4v) is 2.27. The minimum Gasteiger partial charge on any atom is -0.481 e. The number of hydrogen-bond acceptors (Lipinski definition) is 7. The first-order chi connectivity index (χ1) is 9.02. The van der Waals surface area contributed by atoms with Crippen molar-refractivity contribution in [3.63, 3.8) is 0 Å². The van der Waals surface area contributed by atoms with Gasteiger partial charge in [0.15, 0.2) is 0 Å². The van der Waals surface area contributed by atoms with Crippen molar-refractivity contribution in [3.05, 3.63) is 5.01 Å². The van der Waals surface area contributed by atoms with Crippen molar-refractivity contribution in [2.45, 2.75) is 13.0 Å². The molecule has 1 aromatic heterocycles. The van der Waals surface area contributed by atoms with Crippen LogP contribution in [0.3, 0.4) is 0 Å². The van der Waals surface area contributed by atoms with Gasteiger partial charge in [0, 0.05) is 26.7 Å². The number of carboxylic acids is 1. The predicted molar refractivity (Wildman–Crippen MR) is 73.6 cm³/mol. The maximum Gasteiger partial charge on any atom is 0.305 e. The maximum atomic E-state index is 10.7. The lowest BCUT2D eigenvalue weighted by Crippen LogP contribution is -2.33. The van der Waals surface area contributed by atoms with Gasteiger partial charge in [-0.3, -0.25) is 4.79 Å². The Morgan fingerprint density at radius 1 is 1.32 bits per heavy atom. The van der Waals surface area contributed by atoms with Gasteiger partial charge in [0.2, 0.25) is 5.13 Å². The molecule has 108 valence electrons. The van der Waals surface area contributed by atoms with E-state index in [-0.39, 0.29) is 6.42 Å². The summed E-state index contributed by atoms with van der Waals surface area (Å²) in [5.74, 6) is -0.809. The molecule has 7 nitrogen and oxygen atoms in total. The highest BCUT2D eigenvalue weighted by molar-refractivity contribution is 7.15. The van der Waals surface area contributed by atoms with Crippen LogP contribution in [0.15, 0.2) is 0 Å². The van der Waals surface area contributed by atoms with Crippen LogP contribution in [0.2, 0.25) is 0 Å². The van der Waals surface area contributed by atoms with Gasteiger partial charge < -0.3 is 19.6 Å². The number of carbonyl (C=O) groups is 1. The van der Waals surface area contributed by atoms with Crippen molar-refractivity contribution < 1.29 is 14.6 Å². The van der Waals surface area contributed by atoms with Crippen LogP contribution < -0.4 is 4.90 Å². The molecule has 0 saturated heterocycles. The summed E-state index contributed by atoms with van der Waals surface area (Å²) in [6.45, 7) is 2.42. The highest BCUT2D eigenvalue weighted by atomic mass is 32.1. The highest BCUT2D eigenvalue weighted by Gasteiger charge is 2.14. The zero-order chi connectivity index (χ0) is 14.3. The van der Waals surface area contributed by atoms with Gasteiger partial charge in [-0.1, -0.05) is 11.3 Å². The Hall–Kier alpha value is -1.25. The number of ether oxygens (including phenoxy) is 1. The third-order valence-electron chi connectivity index (χ3n) is 2.41. The topological polar surface area (TPSA) is 78.8 Å². The van der Waals surface area contributed by atoms with Crippen molar-refractivity contribution in [1.82, 2.24) is 15.1 Å². The quantitative estimate of drug-likeness (QED) is 0.710. The number of carboxylic acid groups (broad SMARTS) is 1. The molecule has 0 amide bonds. The molecule has 0 spiro atoms. The van der Waals surface area contributed by atoms with Gasteiger partial charge in [0.25, 0.3) is 0 Å². The number of hydrogen-bond donors (Lipinski definition) is 1. The molecule has 0 fully saturated rings. The van der Waals surface area contributed by atoms with E-state index in [4.69, 9.17) is 9.84 Å². The molecule has 0 aliphatic rings. The third-order valence-corrected chi connectivity index (χ3v) is 3.36. The SMILES string of the molecule is COCc1nnc(N(CCC(=O)O)CCN(C)C)s1. The van der Waals surface area contributed by atoms with Crippen molar-refractivity contribution >= 4 is 22.4 Å². The first-order valence-electron chi connectivity index (χ1n) is 5.95. The monoisotopic (exact) mass is 288 g/mol. The Labute approximate surface area is 116 Å². The molecular weight excluding hydrogens is 268 g/mol. The molecule has 0 aliphatic carbocycles. The summed E-state index contributed by atoms with van der Waals surface area (Å²) in [5, 5.41) is 18.4. The van der Waals surface area contributed by atoms with Gasteiger partial charge >= 0.3 is 5.97 Å². The minimum absolute atomic E-state index is 0.0899. The Morgan fingerprint density at radius 2 is 2.05 bits per heavy atom. The van der Waals surface area contributed by atoms with E-state index in [0.29, 0.717) is 13.2 Å². The summed E-state index contributed by atoms with van der Waals surface area (Å²) < 4.78 is 5.00. The number of aromatic nitrogens is 2. The second-order valence-electron chi connectivity index (χ2n) is 4.35. The number of methoxy groups -OCH3 is 1. The molecule has 0 bridgehead atoms. The molecule has 1 N–H and O–H groups in total. The molecule has 0 aromatic carbocycles. The number of rotatable bonds is 9. The molecule has 0 unspecified atom stereocenters. The summed E-state index contributed by atoms with van der Waals surface area (Å²) in [5.41, 5.74) is 0. The lowest BCUT2D eigenvalue weighted by molar-refractivity contribution is -0.136. The summed E-state index contributed by atoms with van der Waals surface area (Å²) in [6, 6.07) is 0. The highest BCUT2D eigenvalue weighted by Crippen LogP contribution is 2.20. The molecule has 1 heterocycles. The van der Waals surface area contributed by atoms with Crippen LogP contribution in [0.4, 0.5) is 5.13 Å². The van der Waals surface area contributed by atoms with E-state index in [9.17, 15) is 4.79 Å². The lowest BCUT2D eigenvalue weighted by Gasteiger charge is -2.22. The largest absolute Gasteiger partial charge is 0.481 e. The summed E-state index contributed by atoms with van der Waals surface area (Å²) >= 11 is 1.44. The standard InChI is InChI=1S/C11H20N4O3S/c1-14(2)6-7-15(5-4-10(16)17)11-13-12-9(19-11)8-18-3/h4-8H2,1-3H3,(H,16,17). The Morgan fingerprint density at radius 3 is 2.63 bits per heavy atom. The fourth-order valence-electron chi connectivity index (χ4n) is 1.41. The fraction of sp³-hybridized carbons (Fsp3) is 0.727. The van der Waals surface area contributed by atoms with Crippen LogP contribution in [0.1, 0.15) is 11.4 Å². The van der Waals surface area contributed by atoms with E-state index in [1.165, 1.54) is 11.3 Å². The minimum atomic E-state index is -0.809. The first kappa shape index (κ1) is 15.8. The summed E-state index contributed by atoms with van der Waals surface area (Å²) in [6.07, 6.45) is 0.0899. The van der Waals surface area contributed by atoms with Crippen LogP contribution in [-0.2, 0) is 16.1 Å². The number of likely N-dealkylation sites (N-methyl/N-ethyl adjacent to an activating group) is 1. The average molecular weight is 288 g/mol. The lowest BCUT2D eigenvalue weighted by atomic mass is 10.4. The van der Waals surface area contributed by atoms with E-state index >= 15 is 0 Å². The first-order valence-corrected chi connectivity index (χ1v) is 6.77. The zero-order valence-electron chi connectivity index (χ0n) is 11.5. The summed E-state index contributed by atoms with van der Waals surface area (Å²) in [7, 11) is 5.56. The summed E-state index contributed by atoms with van der Waals surface area (Å²) in [4.78, 5) is 14.7. The number of nitrogens with zero attached hydrogens (tertiary/aromatic N) is 4. The van der Waals surface area contributed by atoms with Crippen molar-refractivity contribution in [2.75, 3.05) is 45.7 Å². The molecule has 19 heavy (non-hydrogen) atoms. The van der Waals surface area contributed by atoms with Crippen molar-refractivity contribution in [1.29, 1.82) is 0 Å². The van der Waals surface area contributed by atoms with Gasteiger partial charge in [0.1, 0.15) is 11.6 Å². The molecule has 0 saturated carbocycles. The van der Waals surface area contributed by atoms with Gasteiger partial charge in [-0.25, -0.2) is 0 Å². The molecular formula is C11H20N4O3S. The van der Waals surface area contributed by atoms with Crippen LogP contribution in [0.5, 0.6) is 0 Å². The predicted octanol–water partition coefficient (Wildman–Crippen LogP) is 0.527. The maximum absolute atomic E-state index is 10.7. The van der Waals surface area contributed by atoms with E-state index in [0.717, 1.165) is 23.2 Å². The molecule has 0 aliphatic heterocycles. The van der Waals surface area contributed by atoms with Gasteiger partial charge in [-0.05, 0) is 14.1 Å².